The molecule has 76 valence electrons. The van der Waals surface area contributed by atoms with Crippen LogP contribution in [0.5, 0.6) is 0 Å². The van der Waals surface area contributed by atoms with Crippen LogP contribution in [-0.4, -0.2) is 15.4 Å². The highest BCUT2D eigenvalue weighted by Crippen LogP contribution is 2.40. The quantitative estimate of drug-likeness (QED) is 0.625. The van der Waals surface area contributed by atoms with Crippen molar-refractivity contribution in [2.24, 2.45) is 11.3 Å². The first-order valence-electron chi connectivity index (χ1n) is 4.64. The summed E-state index contributed by atoms with van der Waals surface area (Å²) in [5.41, 5.74) is 0.304. The first-order valence-corrected chi connectivity index (χ1v) is 6.47. The molecule has 2 unspecified atom stereocenters. The lowest BCUT2D eigenvalue weighted by Crippen LogP contribution is -2.38. The molecule has 0 aromatic carbocycles. The number of alkyl halides is 2. The molecule has 13 heavy (non-hydrogen) atoms. The summed E-state index contributed by atoms with van der Waals surface area (Å²) in [5.74, 6) is 0.930. The minimum Gasteiger partial charge on any atom is -0.297 e. The second-order valence-corrected chi connectivity index (χ2v) is 7.08. The van der Waals surface area contributed by atoms with Crippen LogP contribution in [0.25, 0.3) is 0 Å². The van der Waals surface area contributed by atoms with E-state index in [1.807, 2.05) is 0 Å². The summed E-state index contributed by atoms with van der Waals surface area (Å²) in [5, 5.41) is 0. The summed E-state index contributed by atoms with van der Waals surface area (Å²) < 4.78 is 0. The minimum atomic E-state index is 0.0508. The second-order valence-electron chi connectivity index (χ2n) is 4.87. The van der Waals surface area contributed by atoms with E-state index in [-0.39, 0.29) is 9.65 Å². The average molecular weight is 312 g/mol. The van der Waals surface area contributed by atoms with E-state index in [0.717, 1.165) is 12.8 Å². The van der Waals surface area contributed by atoms with Gasteiger partial charge in [-0.25, -0.2) is 0 Å². The third-order valence-electron chi connectivity index (χ3n) is 2.83. The molecule has 0 saturated heterocycles. The standard InChI is InChI=1S/C10H16Br2O/c1-10(2,3)6-4-7(11)9(13)8(12)5-6/h6-8H,4-5H2,1-3H3. The van der Waals surface area contributed by atoms with Crippen LogP contribution in [0, 0.1) is 11.3 Å². The summed E-state index contributed by atoms with van der Waals surface area (Å²) >= 11 is 6.89. The highest BCUT2D eigenvalue weighted by Gasteiger charge is 2.38. The van der Waals surface area contributed by atoms with Crippen LogP contribution in [0.3, 0.4) is 0 Å². The van der Waals surface area contributed by atoms with Crippen molar-refractivity contribution in [1.29, 1.82) is 0 Å². The van der Waals surface area contributed by atoms with Crippen LogP contribution in [0.2, 0.25) is 0 Å². The molecule has 1 saturated carbocycles. The van der Waals surface area contributed by atoms with Gasteiger partial charge in [0.05, 0.1) is 9.65 Å². The van der Waals surface area contributed by atoms with Gasteiger partial charge in [-0.1, -0.05) is 52.6 Å². The molecule has 1 rings (SSSR count). The Balaban J connectivity index is 2.69. The van der Waals surface area contributed by atoms with Gasteiger partial charge in [-0.05, 0) is 24.2 Å². The predicted molar refractivity (Wildman–Crippen MR) is 62.6 cm³/mol. The molecular weight excluding hydrogens is 296 g/mol. The maximum absolute atomic E-state index is 11.5. The van der Waals surface area contributed by atoms with Gasteiger partial charge in [0.15, 0.2) is 5.78 Å². The van der Waals surface area contributed by atoms with E-state index in [2.05, 4.69) is 52.6 Å². The number of hydrogen-bond acceptors (Lipinski definition) is 1. The molecule has 0 heterocycles. The lowest BCUT2D eigenvalue weighted by atomic mass is 9.72. The van der Waals surface area contributed by atoms with E-state index in [1.54, 1.807) is 0 Å². The third-order valence-corrected chi connectivity index (χ3v) is 4.48. The van der Waals surface area contributed by atoms with E-state index < -0.39 is 0 Å². The van der Waals surface area contributed by atoms with Gasteiger partial charge in [0.2, 0.25) is 0 Å². The van der Waals surface area contributed by atoms with E-state index in [0.29, 0.717) is 17.1 Å². The van der Waals surface area contributed by atoms with Crippen LogP contribution in [0.4, 0.5) is 0 Å². The highest BCUT2D eigenvalue weighted by atomic mass is 79.9. The van der Waals surface area contributed by atoms with Crippen LogP contribution >= 0.6 is 31.9 Å². The molecule has 1 aliphatic rings. The van der Waals surface area contributed by atoms with Gasteiger partial charge in [0.25, 0.3) is 0 Å². The maximum Gasteiger partial charge on any atom is 0.160 e. The highest BCUT2D eigenvalue weighted by molar-refractivity contribution is 9.10. The fourth-order valence-corrected chi connectivity index (χ4v) is 3.63. The number of carbonyl (C=O) groups excluding carboxylic acids is 1. The number of halogens is 2. The van der Waals surface area contributed by atoms with Crippen LogP contribution in [-0.2, 0) is 4.79 Å². The monoisotopic (exact) mass is 310 g/mol. The van der Waals surface area contributed by atoms with Crippen molar-refractivity contribution in [1.82, 2.24) is 0 Å². The third kappa shape index (κ3) is 2.79. The Hall–Kier alpha value is 0.630. The van der Waals surface area contributed by atoms with Gasteiger partial charge in [-0.3, -0.25) is 4.79 Å². The van der Waals surface area contributed by atoms with E-state index >= 15 is 0 Å². The van der Waals surface area contributed by atoms with E-state index in [9.17, 15) is 4.79 Å². The summed E-state index contributed by atoms with van der Waals surface area (Å²) in [7, 11) is 0. The molecule has 1 fully saturated rings. The fraction of sp³-hybridized carbons (Fsp3) is 0.900. The lowest BCUT2D eigenvalue weighted by molar-refractivity contribution is -0.120. The Morgan fingerprint density at radius 1 is 1.15 bits per heavy atom. The summed E-state index contributed by atoms with van der Waals surface area (Å²) in [6.45, 7) is 6.73. The van der Waals surface area contributed by atoms with Crippen molar-refractivity contribution in [3.8, 4) is 0 Å². The Morgan fingerprint density at radius 2 is 1.54 bits per heavy atom. The Labute approximate surface area is 96.9 Å². The van der Waals surface area contributed by atoms with Gasteiger partial charge in [0, 0.05) is 0 Å². The zero-order valence-electron chi connectivity index (χ0n) is 8.31. The van der Waals surface area contributed by atoms with Crippen molar-refractivity contribution in [3.63, 3.8) is 0 Å². The Kier molecular flexibility index (Phi) is 3.61. The summed E-state index contributed by atoms with van der Waals surface area (Å²) in [6, 6.07) is 0. The first-order chi connectivity index (χ1) is 5.82. The number of ketones is 1. The smallest absolute Gasteiger partial charge is 0.160 e. The zero-order valence-corrected chi connectivity index (χ0v) is 11.5. The molecule has 0 bridgehead atoms. The molecule has 0 aromatic heterocycles. The van der Waals surface area contributed by atoms with Crippen LogP contribution in [0.1, 0.15) is 33.6 Å². The van der Waals surface area contributed by atoms with Crippen molar-refractivity contribution >= 4 is 37.6 Å². The maximum atomic E-state index is 11.5. The molecule has 0 aliphatic heterocycles. The predicted octanol–water partition coefficient (Wildman–Crippen LogP) is 3.54. The van der Waals surface area contributed by atoms with Gasteiger partial charge in [-0.2, -0.15) is 0 Å². The van der Waals surface area contributed by atoms with Gasteiger partial charge < -0.3 is 0 Å². The molecule has 1 aliphatic carbocycles. The molecule has 0 aromatic rings. The van der Waals surface area contributed by atoms with Crippen LogP contribution in [0.15, 0.2) is 0 Å². The topological polar surface area (TPSA) is 17.1 Å². The van der Waals surface area contributed by atoms with E-state index in [4.69, 9.17) is 0 Å². The van der Waals surface area contributed by atoms with Gasteiger partial charge in [0.1, 0.15) is 0 Å². The molecule has 0 N–H and O–H groups in total. The second kappa shape index (κ2) is 4.01. The number of Topliss-reactive ketones (excluding diaryl/α,β-unsaturated/α-hetero) is 1. The van der Waals surface area contributed by atoms with Gasteiger partial charge >= 0.3 is 0 Å². The minimum absolute atomic E-state index is 0.0508. The van der Waals surface area contributed by atoms with E-state index in [1.165, 1.54) is 0 Å². The molecule has 1 nitrogen and oxygen atoms in total. The molecule has 2 atom stereocenters. The van der Waals surface area contributed by atoms with Crippen molar-refractivity contribution in [2.75, 3.05) is 0 Å². The summed E-state index contributed by atoms with van der Waals surface area (Å²) in [4.78, 5) is 11.6. The van der Waals surface area contributed by atoms with Gasteiger partial charge in [-0.15, -0.1) is 0 Å². The SMILES string of the molecule is CC(C)(C)C1CC(Br)C(=O)C(Br)C1. The largest absolute Gasteiger partial charge is 0.297 e. The number of rotatable bonds is 0. The number of hydrogen-bond donors (Lipinski definition) is 0. The zero-order chi connectivity index (χ0) is 10.2. The van der Waals surface area contributed by atoms with Crippen LogP contribution < -0.4 is 0 Å². The van der Waals surface area contributed by atoms with Crippen molar-refractivity contribution in [3.05, 3.63) is 0 Å². The molecule has 0 radical (unpaired) electrons. The summed E-state index contributed by atoms with van der Waals surface area (Å²) in [6.07, 6.45) is 1.95. The molecule has 3 heteroatoms. The molecule has 0 spiro atoms. The normalized spacial score (nSPS) is 36.4. The fourth-order valence-electron chi connectivity index (χ4n) is 1.73. The molecular formula is C10H16Br2O. The van der Waals surface area contributed by atoms with Crippen molar-refractivity contribution < 1.29 is 4.79 Å². The number of carbonyl (C=O) groups is 1. The Morgan fingerprint density at radius 3 is 1.85 bits per heavy atom. The Bertz CT molecular complexity index is 193. The van der Waals surface area contributed by atoms with Crippen molar-refractivity contribution in [2.45, 2.75) is 43.3 Å². The first kappa shape index (κ1) is 11.7. The average Bonchev–Trinajstić information content (AvgIpc) is 1.97. The lowest BCUT2D eigenvalue weighted by Gasteiger charge is -2.37. The molecule has 0 amide bonds.